The van der Waals surface area contributed by atoms with Gasteiger partial charge in [0.05, 0.1) is 17.8 Å². The van der Waals surface area contributed by atoms with Gasteiger partial charge in [0.1, 0.15) is 0 Å². The Balaban J connectivity index is 1.44. The van der Waals surface area contributed by atoms with Crippen molar-refractivity contribution in [3.63, 3.8) is 0 Å². The number of carbonyl (C=O) groups excluding carboxylic acids is 1. The van der Waals surface area contributed by atoms with E-state index in [0.717, 1.165) is 35.7 Å². The van der Waals surface area contributed by atoms with Crippen molar-refractivity contribution in [3.8, 4) is 5.69 Å². The summed E-state index contributed by atoms with van der Waals surface area (Å²) in [6.45, 7) is 6.75. The van der Waals surface area contributed by atoms with E-state index in [1.165, 1.54) is 24.1 Å². The number of aryl methyl sites for hydroxylation is 1. The van der Waals surface area contributed by atoms with Gasteiger partial charge in [-0.3, -0.25) is 4.79 Å². The van der Waals surface area contributed by atoms with Crippen LogP contribution in [0.1, 0.15) is 35.4 Å². The van der Waals surface area contributed by atoms with Crippen molar-refractivity contribution in [3.05, 3.63) is 77.1 Å². The van der Waals surface area contributed by atoms with Crippen LogP contribution in [-0.4, -0.2) is 28.8 Å². The molecule has 0 unspecified atom stereocenters. The van der Waals surface area contributed by atoms with Gasteiger partial charge in [-0.1, -0.05) is 36.4 Å². The summed E-state index contributed by atoms with van der Waals surface area (Å²) in [6, 6.07) is 18.4. The maximum atomic E-state index is 12.7. The maximum Gasteiger partial charge on any atom is 0.224 e. The Bertz CT molecular complexity index is 987. The van der Waals surface area contributed by atoms with Crippen molar-refractivity contribution < 1.29 is 4.79 Å². The van der Waals surface area contributed by atoms with E-state index in [1.54, 1.807) is 0 Å². The number of amides is 1. The third-order valence-electron chi connectivity index (χ3n) is 5.69. The van der Waals surface area contributed by atoms with Gasteiger partial charge < -0.3 is 10.2 Å². The second-order valence-corrected chi connectivity index (χ2v) is 7.67. The summed E-state index contributed by atoms with van der Waals surface area (Å²) in [7, 11) is 0. The second kappa shape index (κ2) is 8.52. The Morgan fingerprint density at radius 2 is 1.69 bits per heavy atom. The molecule has 1 amide bonds. The van der Waals surface area contributed by atoms with Crippen LogP contribution < -0.4 is 10.2 Å². The average Bonchev–Trinajstić information content (AvgIpc) is 3.37. The van der Waals surface area contributed by atoms with E-state index in [4.69, 9.17) is 0 Å². The first kappa shape index (κ1) is 19.2. The minimum atomic E-state index is 0.0278. The van der Waals surface area contributed by atoms with Crippen molar-refractivity contribution in [2.24, 2.45) is 0 Å². The van der Waals surface area contributed by atoms with E-state index in [1.807, 2.05) is 54.9 Å². The lowest BCUT2D eigenvalue weighted by atomic mass is 10.1. The highest BCUT2D eigenvalue weighted by atomic mass is 16.1. The highest BCUT2D eigenvalue weighted by Crippen LogP contribution is 2.24. The van der Waals surface area contributed by atoms with Crippen molar-refractivity contribution >= 4 is 11.6 Å². The molecule has 5 heteroatoms. The zero-order valence-corrected chi connectivity index (χ0v) is 17.2. The van der Waals surface area contributed by atoms with Crippen molar-refractivity contribution in [2.45, 2.75) is 39.7 Å². The first-order valence-corrected chi connectivity index (χ1v) is 10.3. The van der Waals surface area contributed by atoms with Crippen LogP contribution in [0.25, 0.3) is 5.69 Å². The third kappa shape index (κ3) is 4.19. The normalized spacial score (nSPS) is 13.7. The predicted octanol–water partition coefficient (Wildman–Crippen LogP) is 3.95. The molecule has 2 aromatic carbocycles. The summed E-state index contributed by atoms with van der Waals surface area (Å²) in [5.41, 5.74) is 6.35. The van der Waals surface area contributed by atoms with E-state index in [2.05, 4.69) is 33.5 Å². The lowest BCUT2D eigenvalue weighted by Crippen LogP contribution is -2.27. The Hall–Kier alpha value is -3.08. The molecule has 0 radical (unpaired) electrons. The fourth-order valence-electron chi connectivity index (χ4n) is 4.10. The predicted molar refractivity (Wildman–Crippen MR) is 116 cm³/mol. The zero-order valence-electron chi connectivity index (χ0n) is 17.2. The van der Waals surface area contributed by atoms with Gasteiger partial charge in [-0.25, -0.2) is 4.68 Å². The molecule has 2 heterocycles. The first-order chi connectivity index (χ1) is 14.1. The van der Waals surface area contributed by atoms with E-state index in [9.17, 15) is 4.79 Å². The minimum absolute atomic E-state index is 0.0278. The van der Waals surface area contributed by atoms with Crippen LogP contribution in [0.3, 0.4) is 0 Å². The molecule has 0 saturated carbocycles. The van der Waals surface area contributed by atoms with Gasteiger partial charge in [-0.15, -0.1) is 0 Å². The number of aromatic nitrogens is 2. The number of rotatable bonds is 6. The first-order valence-electron chi connectivity index (χ1n) is 10.3. The van der Waals surface area contributed by atoms with E-state index in [-0.39, 0.29) is 5.91 Å². The zero-order chi connectivity index (χ0) is 20.2. The molecule has 1 fully saturated rings. The van der Waals surface area contributed by atoms with E-state index in [0.29, 0.717) is 13.0 Å². The quantitative estimate of drug-likeness (QED) is 0.696. The SMILES string of the molecule is Cc1nn(-c2ccccc2)c(C)c1CC(=O)NCc1ccccc1N1CCCC1. The van der Waals surface area contributed by atoms with Gasteiger partial charge >= 0.3 is 0 Å². The van der Waals surface area contributed by atoms with Crippen molar-refractivity contribution in [2.75, 3.05) is 18.0 Å². The van der Waals surface area contributed by atoms with E-state index >= 15 is 0 Å². The third-order valence-corrected chi connectivity index (χ3v) is 5.69. The second-order valence-electron chi connectivity index (χ2n) is 7.67. The monoisotopic (exact) mass is 388 g/mol. The molecule has 3 aromatic rings. The molecular formula is C24H28N4O. The molecule has 0 spiro atoms. The van der Waals surface area contributed by atoms with Gasteiger partial charge in [-0.2, -0.15) is 5.10 Å². The topological polar surface area (TPSA) is 50.2 Å². The van der Waals surface area contributed by atoms with Gasteiger partial charge in [-0.05, 0) is 50.5 Å². The number of benzene rings is 2. The number of hydrogen-bond acceptors (Lipinski definition) is 3. The van der Waals surface area contributed by atoms with Crippen LogP contribution in [0.5, 0.6) is 0 Å². The molecule has 150 valence electrons. The highest BCUT2D eigenvalue weighted by Gasteiger charge is 2.18. The highest BCUT2D eigenvalue weighted by molar-refractivity contribution is 5.79. The molecule has 4 rings (SSSR count). The Morgan fingerprint density at radius 3 is 2.45 bits per heavy atom. The fraction of sp³-hybridized carbons (Fsp3) is 0.333. The number of anilines is 1. The van der Waals surface area contributed by atoms with Crippen molar-refractivity contribution in [1.29, 1.82) is 0 Å². The van der Waals surface area contributed by atoms with Crippen LogP contribution in [0, 0.1) is 13.8 Å². The molecule has 29 heavy (non-hydrogen) atoms. The van der Waals surface area contributed by atoms with Crippen LogP contribution in [0.4, 0.5) is 5.69 Å². The fourth-order valence-corrected chi connectivity index (χ4v) is 4.10. The largest absolute Gasteiger partial charge is 0.371 e. The van der Waals surface area contributed by atoms with Gasteiger partial charge in [0.15, 0.2) is 0 Å². The molecular weight excluding hydrogens is 360 g/mol. The lowest BCUT2D eigenvalue weighted by molar-refractivity contribution is -0.120. The molecule has 1 aromatic heterocycles. The van der Waals surface area contributed by atoms with Gasteiger partial charge in [0.25, 0.3) is 0 Å². The maximum absolute atomic E-state index is 12.7. The molecule has 0 bridgehead atoms. The van der Waals surface area contributed by atoms with Crippen molar-refractivity contribution in [1.82, 2.24) is 15.1 Å². The summed E-state index contributed by atoms with van der Waals surface area (Å²) < 4.78 is 1.92. The standard InChI is InChI=1S/C24H28N4O/c1-18-22(19(2)28(26-18)21-11-4-3-5-12-21)16-24(29)25-17-20-10-6-7-13-23(20)27-14-8-9-15-27/h3-7,10-13H,8-9,14-17H2,1-2H3,(H,25,29). The number of nitrogens with zero attached hydrogens (tertiary/aromatic N) is 3. The van der Waals surface area contributed by atoms with Gasteiger partial charge in [0.2, 0.25) is 5.91 Å². The molecule has 0 atom stereocenters. The summed E-state index contributed by atoms with van der Waals surface area (Å²) in [4.78, 5) is 15.1. The number of carbonyl (C=O) groups is 1. The Labute approximate surface area is 172 Å². The van der Waals surface area contributed by atoms with Gasteiger partial charge in [0, 0.05) is 36.6 Å². The molecule has 5 nitrogen and oxygen atoms in total. The average molecular weight is 389 g/mol. The summed E-state index contributed by atoms with van der Waals surface area (Å²) >= 11 is 0. The summed E-state index contributed by atoms with van der Waals surface area (Å²) in [5.74, 6) is 0.0278. The molecule has 1 aliphatic rings. The molecule has 1 aliphatic heterocycles. The minimum Gasteiger partial charge on any atom is -0.371 e. The summed E-state index contributed by atoms with van der Waals surface area (Å²) in [6.07, 6.45) is 2.83. The van der Waals surface area contributed by atoms with Crippen LogP contribution >= 0.6 is 0 Å². The van der Waals surface area contributed by atoms with Crippen LogP contribution in [-0.2, 0) is 17.8 Å². The molecule has 0 aliphatic carbocycles. The smallest absolute Gasteiger partial charge is 0.224 e. The Morgan fingerprint density at radius 1 is 1.00 bits per heavy atom. The number of nitrogens with one attached hydrogen (secondary N) is 1. The summed E-state index contributed by atoms with van der Waals surface area (Å²) in [5, 5.41) is 7.76. The van der Waals surface area contributed by atoms with Crippen LogP contribution in [0.15, 0.2) is 54.6 Å². The Kier molecular flexibility index (Phi) is 5.65. The molecule has 1 N–H and O–H groups in total. The van der Waals surface area contributed by atoms with Crippen LogP contribution in [0.2, 0.25) is 0 Å². The lowest BCUT2D eigenvalue weighted by Gasteiger charge is -2.21. The number of hydrogen-bond donors (Lipinski definition) is 1. The molecule has 1 saturated heterocycles. The number of para-hydroxylation sites is 2. The van der Waals surface area contributed by atoms with E-state index < -0.39 is 0 Å².